The van der Waals surface area contributed by atoms with Gasteiger partial charge in [0.25, 0.3) is 0 Å². The first-order valence-corrected chi connectivity index (χ1v) is 12.3. The van der Waals surface area contributed by atoms with Crippen LogP contribution in [0.15, 0.2) is 115 Å². The van der Waals surface area contributed by atoms with Crippen molar-refractivity contribution in [2.75, 3.05) is 5.32 Å². The van der Waals surface area contributed by atoms with Gasteiger partial charge in [-0.05, 0) is 41.8 Å². The van der Waals surface area contributed by atoms with Gasteiger partial charge < -0.3 is 15.2 Å². The monoisotopic (exact) mass is 497 g/mol. The van der Waals surface area contributed by atoms with E-state index in [1.807, 2.05) is 60.7 Å². The molecule has 0 radical (unpaired) electrons. The molecule has 5 aromatic carbocycles. The highest BCUT2D eigenvalue weighted by Crippen LogP contribution is 2.45. The van der Waals surface area contributed by atoms with E-state index in [0.717, 1.165) is 12.0 Å². The molecule has 5 nitrogen and oxygen atoms in total. The molecule has 1 aliphatic rings. The molecule has 0 spiro atoms. The third-order valence-corrected chi connectivity index (χ3v) is 6.59. The minimum Gasteiger partial charge on any atom is -0.507 e. The average Bonchev–Trinajstić information content (AvgIpc) is 2.95. The molecule has 0 fully saturated rings. The fourth-order valence-electron chi connectivity index (χ4n) is 4.75. The average molecular weight is 498 g/mol. The molecule has 2 N–H and O–H groups in total. The second-order valence-corrected chi connectivity index (χ2v) is 9.12. The van der Waals surface area contributed by atoms with Crippen LogP contribution in [0, 0.1) is 0 Å². The Kier molecular flexibility index (Phi) is 5.94. The molecule has 1 aliphatic carbocycles. The first-order valence-electron chi connectivity index (χ1n) is 12.3. The number of fused-ring (bicyclic) bond motifs is 2. The fourth-order valence-corrected chi connectivity index (χ4v) is 4.75. The number of para-hydroxylation sites is 1. The van der Waals surface area contributed by atoms with E-state index in [1.54, 1.807) is 36.4 Å². The molecule has 184 valence electrons. The van der Waals surface area contributed by atoms with Crippen LogP contribution in [-0.2, 0) is 6.42 Å². The molecule has 0 bridgehead atoms. The molecule has 0 unspecified atom stereocenters. The van der Waals surface area contributed by atoms with Crippen LogP contribution in [0.1, 0.15) is 43.0 Å². The quantitative estimate of drug-likeness (QED) is 0.236. The van der Waals surface area contributed by atoms with E-state index >= 15 is 0 Å². The van der Waals surface area contributed by atoms with Crippen LogP contribution in [0.25, 0.3) is 0 Å². The van der Waals surface area contributed by atoms with E-state index in [-0.39, 0.29) is 34.0 Å². The van der Waals surface area contributed by atoms with Gasteiger partial charge in [0.05, 0.1) is 16.8 Å². The standard InChI is InChI=1S/C33H23NO4/c35-27-20-28(38-24-11-5-2-6-12-24)31(30-29(27)32(36)25-13-7-8-14-26(25)33(30)37)34-23-17-15-22(16-18-23)19-21-9-3-1-4-10-21/h1-18,20,34-35H,19H2. The van der Waals surface area contributed by atoms with E-state index in [2.05, 4.69) is 17.4 Å². The predicted octanol–water partition coefficient (Wildman–Crippen LogP) is 7.29. The van der Waals surface area contributed by atoms with Gasteiger partial charge in [0.1, 0.15) is 11.5 Å². The molecule has 5 aromatic rings. The van der Waals surface area contributed by atoms with Crippen LogP contribution >= 0.6 is 0 Å². The van der Waals surface area contributed by atoms with Crippen LogP contribution in [0.3, 0.4) is 0 Å². The van der Waals surface area contributed by atoms with Gasteiger partial charge >= 0.3 is 0 Å². The molecule has 0 atom stereocenters. The van der Waals surface area contributed by atoms with Crippen LogP contribution < -0.4 is 10.1 Å². The Morgan fingerprint density at radius 1 is 0.632 bits per heavy atom. The van der Waals surface area contributed by atoms with Crippen molar-refractivity contribution in [3.8, 4) is 17.2 Å². The summed E-state index contributed by atoms with van der Waals surface area (Å²) in [5.41, 5.74) is 4.01. The van der Waals surface area contributed by atoms with Gasteiger partial charge in [0.15, 0.2) is 17.3 Å². The summed E-state index contributed by atoms with van der Waals surface area (Å²) in [6.45, 7) is 0. The number of hydrogen-bond donors (Lipinski definition) is 2. The lowest BCUT2D eigenvalue weighted by atomic mass is 9.82. The normalized spacial score (nSPS) is 12.0. The van der Waals surface area contributed by atoms with Crippen LogP contribution in [0.2, 0.25) is 0 Å². The van der Waals surface area contributed by atoms with Crippen LogP contribution in [0.4, 0.5) is 11.4 Å². The van der Waals surface area contributed by atoms with Gasteiger partial charge in [-0.3, -0.25) is 9.59 Å². The molecule has 0 saturated carbocycles. The maximum Gasteiger partial charge on any atom is 0.198 e. The highest BCUT2D eigenvalue weighted by atomic mass is 16.5. The number of benzene rings is 5. The lowest BCUT2D eigenvalue weighted by Gasteiger charge is -2.24. The van der Waals surface area contributed by atoms with E-state index in [9.17, 15) is 14.7 Å². The molecular weight excluding hydrogens is 474 g/mol. The van der Waals surface area contributed by atoms with Crippen molar-refractivity contribution >= 4 is 22.9 Å². The summed E-state index contributed by atoms with van der Waals surface area (Å²) in [5, 5.41) is 14.2. The highest BCUT2D eigenvalue weighted by Gasteiger charge is 2.36. The van der Waals surface area contributed by atoms with Gasteiger partial charge in [0, 0.05) is 22.9 Å². The molecule has 0 amide bonds. The summed E-state index contributed by atoms with van der Waals surface area (Å²) in [7, 11) is 0. The summed E-state index contributed by atoms with van der Waals surface area (Å²) in [6.07, 6.45) is 0.794. The second kappa shape index (κ2) is 9.71. The van der Waals surface area contributed by atoms with Gasteiger partial charge in [-0.25, -0.2) is 0 Å². The van der Waals surface area contributed by atoms with Crippen LogP contribution in [0.5, 0.6) is 17.2 Å². The number of phenols is 1. The first-order chi connectivity index (χ1) is 18.6. The predicted molar refractivity (Wildman–Crippen MR) is 147 cm³/mol. The molecule has 0 saturated heterocycles. The van der Waals surface area contributed by atoms with Crippen molar-refractivity contribution in [2.45, 2.75) is 6.42 Å². The van der Waals surface area contributed by atoms with Crippen molar-refractivity contribution in [3.05, 3.63) is 149 Å². The fraction of sp³-hybridized carbons (Fsp3) is 0.0303. The van der Waals surface area contributed by atoms with Crippen molar-refractivity contribution in [2.24, 2.45) is 0 Å². The smallest absolute Gasteiger partial charge is 0.198 e. The second-order valence-electron chi connectivity index (χ2n) is 9.12. The van der Waals surface area contributed by atoms with E-state index in [1.165, 1.54) is 11.6 Å². The third kappa shape index (κ3) is 4.31. The summed E-state index contributed by atoms with van der Waals surface area (Å²) < 4.78 is 6.12. The number of carbonyl (C=O) groups excluding carboxylic acids is 2. The third-order valence-electron chi connectivity index (χ3n) is 6.59. The van der Waals surface area contributed by atoms with Gasteiger partial charge in [-0.15, -0.1) is 0 Å². The van der Waals surface area contributed by atoms with E-state index in [4.69, 9.17) is 4.74 Å². The topological polar surface area (TPSA) is 75.6 Å². The highest BCUT2D eigenvalue weighted by molar-refractivity contribution is 6.31. The Hall–Kier alpha value is -5.16. The zero-order valence-electron chi connectivity index (χ0n) is 20.3. The number of aromatic hydroxyl groups is 1. The molecule has 38 heavy (non-hydrogen) atoms. The lowest BCUT2D eigenvalue weighted by molar-refractivity contribution is 0.0977. The zero-order chi connectivity index (χ0) is 26.1. The number of phenolic OH excluding ortho intramolecular Hbond substituents is 1. The van der Waals surface area contributed by atoms with Crippen molar-refractivity contribution in [3.63, 3.8) is 0 Å². The molecule has 0 heterocycles. The Balaban J connectivity index is 1.43. The Morgan fingerprint density at radius 2 is 1.18 bits per heavy atom. The van der Waals surface area contributed by atoms with E-state index < -0.39 is 5.78 Å². The van der Waals surface area contributed by atoms with E-state index in [0.29, 0.717) is 22.7 Å². The molecule has 0 aliphatic heterocycles. The summed E-state index contributed by atoms with van der Waals surface area (Å²) in [4.78, 5) is 27.1. The summed E-state index contributed by atoms with van der Waals surface area (Å²) >= 11 is 0. The number of hydrogen-bond acceptors (Lipinski definition) is 5. The molecule has 6 rings (SSSR count). The van der Waals surface area contributed by atoms with Crippen molar-refractivity contribution in [1.82, 2.24) is 0 Å². The number of ketones is 2. The summed E-state index contributed by atoms with van der Waals surface area (Å²) in [5.74, 6) is -0.292. The minimum absolute atomic E-state index is 0.0303. The Bertz CT molecular complexity index is 1660. The number of anilines is 2. The van der Waals surface area contributed by atoms with Crippen molar-refractivity contribution < 1.29 is 19.4 Å². The van der Waals surface area contributed by atoms with Gasteiger partial charge in [0.2, 0.25) is 0 Å². The van der Waals surface area contributed by atoms with Crippen molar-refractivity contribution in [1.29, 1.82) is 0 Å². The molecule has 0 aromatic heterocycles. The van der Waals surface area contributed by atoms with Crippen LogP contribution in [-0.4, -0.2) is 16.7 Å². The Labute approximate surface area is 220 Å². The Morgan fingerprint density at radius 3 is 1.84 bits per heavy atom. The maximum absolute atomic E-state index is 13.7. The first kappa shape index (κ1) is 23.3. The zero-order valence-corrected chi connectivity index (χ0v) is 20.3. The largest absolute Gasteiger partial charge is 0.507 e. The van der Waals surface area contributed by atoms with Gasteiger partial charge in [-0.1, -0.05) is 84.9 Å². The number of rotatable bonds is 6. The number of carbonyl (C=O) groups is 2. The number of ether oxygens (including phenoxy) is 1. The SMILES string of the molecule is O=C1c2ccccc2C(=O)c2c(Nc3ccc(Cc4ccccc4)cc3)c(Oc3ccccc3)cc(O)c21. The summed E-state index contributed by atoms with van der Waals surface area (Å²) in [6, 6.07) is 35.2. The molecule has 5 heteroatoms. The number of nitrogens with one attached hydrogen (secondary N) is 1. The lowest BCUT2D eigenvalue weighted by Crippen LogP contribution is -2.22. The molecular formula is C33H23NO4. The maximum atomic E-state index is 13.7. The van der Waals surface area contributed by atoms with Gasteiger partial charge in [-0.2, -0.15) is 0 Å². The minimum atomic E-state index is -0.403.